The zero-order valence-corrected chi connectivity index (χ0v) is 34.6. The van der Waals surface area contributed by atoms with Gasteiger partial charge in [-0.25, -0.2) is 0 Å². The predicted octanol–water partition coefficient (Wildman–Crippen LogP) is 17.2. The number of fused-ring (bicyclic) bond motifs is 3. The molecule has 0 saturated carbocycles. The van der Waals surface area contributed by atoms with Gasteiger partial charge in [0, 0.05) is 33.8 Å². The van der Waals surface area contributed by atoms with Crippen LogP contribution < -0.4 is 9.80 Å². The van der Waals surface area contributed by atoms with E-state index in [0.29, 0.717) is 0 Å². The van der Waals surface area contributed by atoms with Crippen LogP contribution in [0.15, 0.2) is 259 Å². The molecule has 0 aliphatic heterocycles. The molecule has 11 aromatic rings. The average molecular weight is 807 g/mol. The van der Waals surface area contributed by atoms with Crippen LogP contribution in [0.5, 0.6) is 0 Å². The van der Waals surface area contributed by atoms with Crippen molar-refractivity contribution in [3.8, 4) is 44.5 Å². The molecule has 0 amide bonds. The first kappa shape index (κ1) is 37.6. The van der Waals surface area contributed by atoms with Gasteiger partial charge in [-0.3, -0.25) is 0 Å². The quantitative estimate of drug-likeness (QED) is 0.137. The maximum atomic E-state index is 6.44. The summed E-state index contributed by atoms with van der Waals surface area (Å²) in [6, 6.07) is 90.8. The van der Waals surface area contributed by atoms with E-state index >= 15 is 0 Å². The highest BCUT2D eigenvalue weighted by molar-refractivity contribution is 6.13. The van der Waals surface area contributed by atoms with Gasteiger partial charge in [-0.15, -0.1) is 0 Å². The molecule has 0 radical (unpaired) electrons. The molecule has 298 valence electrons. The molecule has 0 spiro atoms. The summed E-state index contributed by atoms with van der Waals surface area (Å²) in [7, 11) is 0. The first-order valence-corrected chi connectivity index (χ1v) is 21.4. The van der Waals surface area contributed by atoms with E-state index in [9.17, 15) is 0 Å². The van der Waals surface area contributed by atoms with Crippen molar-refractivity contribution in [1.29, 1.82) is 0 Å². The summed E-state index contributed by atoms with van der Waals surface area (Å²) in [5, 5.41) is 2.17. The Hall–Kier alpha value is -8.40. The fraction of sp³-hybridized carbons (Fsp3) is 0. The van der Waals surface area contributed by atoms with E-state index in [1.807, 2.05) is 12.1 Å². The molecule has 1 aromatic heterocycles. The van der Waals surface area contributed by atoms with E-state index in [1.165, 1.54) is 16.7 Å². The second-order valence-corrected chi connectivity index (χ2v) is 15.8. The Bertz CT molecular complexity index is 3270. The SMILES string of the molecule is c1ccc(-c2cccc(N(c3cccc(-c4ccccc4)c3)c3cccc(-c4cccc(N(c5cccc(-c6ccccc6)c5)c5cccc6oc7ccccc7c56)c4)c3)c2)cc1. The number of para-hydroxylation sites is 1. The third-order valence-electron chi connectivity index (χ3n) is 11.8. The molecule has 0 atom stereocenters. The van der Waals surface area contributed by atoms with Crippen LogP contribution in [0.4, 0.5) is 34.1 Å². The monoisotopic (exact) mass is 806 g/mol. The van der Waals surface area contributed by atoms with E-state index in [1.54, 1.807) is 0 Å². The Morgan fingerprint density at radius 3 is 0.984 bits per heavy atom. The first-order valence-electron chi connectivity index (χ1n) is 21.4. The lowest BCUT2D eigenvalue weighted by Crippen LogP contribution is -2.11. The Morgan fingerprint density at radius 1 is 0.238 bits per heavy atom. The molecule has 1 heterocycles. The largest absolute Gasteiger partial charge is 0.456 e. The summed E-state index contributed by atoms with van der Waals surface area (Å²) in [4.78, 5) is 4.75. The van der Waals surface area contributed by atoms with Gasteiger partial charge in [0.15, 0.2) is 0 Å². The van der Waals surface area contributed by atoms with Crippen LogP contribution in [-0.2, 0) is 0 Å². The zero-order chi connectivity index (χ0) is 42.0. The van der Waals surface area contributed by atoms with Gasteiger partial charge < -0.3 is 14.2 Å². The van der Waals surface area contributed by atoms with Gasteiger partial charge >= 0.3 is 0 Å². The van der Waals surface area contributed by atoms with Crippen LogP contribution in [0.2, 0.25) is 0 Å². The van der Waals surface area contributed by atoms with Gasteiger partial charge in [-0.05, 0) is 123 Å². The minimum absolute atomic E-state index is 0.856. The summed E-state index contributed by atoms with van der Waals surface area (Å²) < 4.78 is 6.44. The fourth-order valence-corrected chi connectivity index (χ4v) is 8.83. The van der Waals surface area contributed by atoms with Gasteiger partial charge in [0.1, 0.15) is 11.2 Å². The Labute approximate surface area is 368 Å². The smallest absolute Gasteiger partial charge is 0.137 e. The molecule has 0 bridgehead atoms. The third-order valence-corrected chi connectivity index (χ3v) is 11.8. The maximum Gasteiger partial charge on any atom is 0.137 e. The van der Waals surface area contributed by atoms with Crippen molar-refractivity contribution >= 4 is 56.1 Å². The lowest BCUT2D eigenvalue weighted by atomic mass is 10.0. The van der Waals surface area contributed by atoms with Crippen molar-refractivity contribution in [3.05, 3.63) is 255 Å². The Kier molecular flexibility index (Phi) is 9.89. The molecule has 0 aliphatic rings. The summed E-state index contributed by atoms with van der Waals surface area (Å²) in [5.41, 5.74) is 17.3. The molecule has 0 N–H and O–H groups in total. The van der Waals surface area contributed by atoms with Crippen molar-refractivity contribution in [2.45, 2.75) is 0 Å². The Morgan fingerprint density at radius 2 is 0.556 bits per heavy atom. The minimum atomic E-state index is 0.856. The minimum Gasteiger partial charge on any atom is -0.456 e. The van der Waals surface area contributed by atoms with E-state index in [0.717, 1.165) is 83.9 Å². The van der Waals surface area contributed by atoms with Crippen molar-refractivity contribution < 1.29 is 4.42 Å². The van der Waals surface area contributed by atoms with Crippen LogP contribution in [0.3, 0.4) is 0 Å². The summed E-state index contributed by atoms with van der Waals surface area (Å²) in [6.45, 7) is 0. The van der Waals surface area contributed by atoms with Crippen LogP contribution in [0.25, 0.3) is 66.4 Å². The molecule has 0 saturated heterocycles. The molecule has 63 heavy (non-hydrogen) atoms. The second-order valence-electron chi connectivity index (χ2n) is 15.8. The highest BCUT2D eigenvalue weighted by Crippen LogP contribution is 2.45. The molecule has 3 heteroatoms. The van der Waals surface area contributed by atoms with E-state index in [2.05, 4.69) is 252 Å². The molecular formula is C60H42N2O. The summed E-state index contributed by atoms with van der Waals surface area (Å²) >= 11 is 0. The molecule has 10 aromatic carbocycles. The van der Waals surface area contributed by atoms with Gasteiger partial charge in [-0.2, -0.15) is 0 Å². The van der Waals surface area contributed by atoms with Crippen molar-refractivity contribution in [3.63, 3.8) is 0 Å². The van der Waals surface area contributed by atoms with Gasteiger partial charge in [0.25, 0.3) is 0 Å². The van der Waals surface area contributed by atoms with E-state index < -0.39 is 0 Å². The lowest BCUT2D eigenvalue weighted by molar-refractivity contribution is 0.669. The fourth-order valence-electron chi connectivity index (χ4n) is 8.83. The molecule has 3 nitrogen and oxygen atoms in total. The van der Waals surface area contributed by atoms with Crippen LogP contribution in [0.1, 0.15) is 0 Å². The van der Waals surface area contributed by atoms with Crippen molar-refractivity contribution in [2.24, 2.45) is 0 Å². The number of rotatable bonds is 10. The van der Waals surface area contributed by atoms with Gasteiger partial charge in [0.2, 0.25) is 0 Å². The van der Waals surface area contributed by atoms with Crippen LogP contribution in [-0.4, -0.2) is 0 Å². The van der Waals surface area contributed by atoms with E-state index in [-0.39, 0.29) is 0 Å². The predicted molar refractivity (Wildman–Crippen MR) is 265 cm³/mol. The van der Waals surface area contributed by atoms with E-state index in [4.69, 9.17) is 4.42 Å². The molecule has 0 aliphatic carbocycles. The standard InChI is InChI=1S/C60H42N2O/c1-4-18-43(19-5-1)46-24-12-29-51(38-46)61(52-30-13-25-47(39-52)44-20-6-2-7-21-44)53-31-15-27-49(41-53)50-28-16-33-55(42-50)62(54-32-14-26-48(40-54)45-22-8-3-9-23-45)57-35-17-37-59-60(57)56-34-10-11-36-58(56)63-59/h1-42H. The average Bonchev–Trinajstić information content (AvgIpc) is 3.75. The second kappa shape index (κ2) is 16.6. The maximum absolute atomic E-state index is 6.44. The highest BCUT2D eigenvalue weighted by atomic mass is 16.3. The highest BCUT2D eigenvalue weighted by Gasteiger charge is 2.21. The van der Waals surface area contributed by atoms with Crippen molar-refractivity contribution in [1.82, 2.24) is 0 Å². The van der Waals surface area contributed by atoms with Gasteiger partial charge in [0.05, 0.1) is 11.1 Å². The van der Waals surface area contributed by atoms with Crippen molar-refractivity contribution in [2.75, 3.05) is 9.80 Å². The molecular weight excluding hydrogens is 765 g/mol. The van der Waals surface area contributed by atoms with Gasteiger partial charge in [-0.1, -0.05) is 176 Å². The number of hydrogen-bond acceptors (Lipinski definition) is 3. The first-order chi connectivity index (χ1) is 31.2. The molecule has 0 unspecified atom stereocenters. The number of hydrogen-bond donors (Lipinski definition) is 0. The van der Waals surface area contributed by atoms with Crippen LogP contribution in [0, 0.1) is 0 Å². The normalized spacial score (nSPS) is 11.2. The molecule has 11 rings (SSSR count). The number of anilines is 6. The summed E-state index contributed by atoms with van der Waals surface area (Å²) in [5.74, 6) is 0. The lowest BCUT2D eigenvalue weighted by Gasteiger charge is -2.28. The summed E-state index contributed by atoms with van der Waals surface area (Å²) in [6.07, 6.45) is 0. The number of nitrogens with zero attached hydrogens (tertiary/aromatic N) is 2. The molecule has 0 fully saturated rings. The third kappa shape index (κ3) is 7.43. The zero-order valence-electron chi connectivity index (χ0n) is 34.6. The number of benzene rings is 10. The topological polar surface area (TPSA) is 19.6 Å². The number of furan rings is 1. The van der Waals surface area contributed by atoms with Crippen LogP contribution >= 0.6 is 0 Å². The Balaban J connectivity index is 1.06.